The van der Waals surface area contributed by atoms with Crippen molar-refractivity contribution < 1.29 is 33.3 Å². The van der Waals surface area contributed by atoms with Crippen LogP contribution >= 0.6 is 0 Å². The molecule has 1 aromatic carbocycles. The molecule has 29 heavy (non-hydrogen) atoms. The number of esters is 1. The average Bonchev–Trinajstić information content (AvgIpc) is 2.57. The van der Waals surface area contributed by atoms with Gasteiger partial charge in [-0.1, -0.05) is 30.3 Å². The topological polar surface area (TPSA) is 91.4 Å². The number of ether oxygens (including phenoxy) is 4. The number of hydrogen-bond donors (Lipinski definition) is 0. The summed E-state index contributed by atoms with van der Waals surface area (Å²) in [4.78, 5) is 38.8. The number of rotatable bonds is 6. The molecule has 8 heteroatoms. The summed E-state index contributed by atoms with van der Waals surface area (Å²) in [5.74, 6) is -0.813. The minimum absolute atomic E-state index is 0.0175. The van der Waals surface area contributed by atoms with Crippen LogP contribution in [0.2, 0.25) is 0 Å². The number of amides is 2. The van der Waals surface area contributed by atoms with Crippen molar-refractivity contribution in [2.45, 2.75) is 65.4 Å². The molecule has 0 bridgehead atoms. The van der Waals surface area contributed by atoms with Crippen LogP contribution in [0.3, 0.4) is 0 Å². The van der Waals surface area contributed by atoms with Crippen LogP contribution < -0.4 is 0 Å². The van der Waals surface area contributed by atoms with Crippen molar-refractivity contribution in [3.8, 4) is 0 Å². The zero-order valence-electron chi connectivity index (χ0n) is 18.2. The first-order valence-electron chi connectivity index (χ1n) is 9.29. The van der Waals surface area contributed by atoms with Crippen molar-refractivity contribution in [2.75, 3.05) is 13.7 Å². The maximum absolute atomic E-state index is 12.7. The first kappa shape index (κ1) is 24.4. The van der Waals surface area contributed by atoms with Crippen LogP contribution in [0.5, 0.6) is 0 Å². The van der Waals surface area contributed by atoms with E-state index in [1.54, 1.807) is 53.7 Å². The van der Waals surface area contributed by atoms with Gasteiger partial charge in [-0.25, -0.2) is 14.4 Å². The Morgan fingerprint density at radius 1 is 0.897 bits per heavy atom. The van der Waals surface area contributed by atoms with Crippen molar-refractivity contribution in [3.05, 3.63) is 35.9 Å². The van der Waals surface area contributed by atoms with Crippen LogP contribution in [0.1, 0.15) is 47.1 Å². The fourth-order valence-electron chi connectivity index (χ4n) is 2.18. The Morgan fingerprint density at radius 3 is 1.79 bits per heavy atom. The standard InChI is InChI=1S/C21H31NO7/c1-20(2,3)28-18(24)22(19(25)29-21(4,5)6)16(14-26-7)17(23)27-13-15-11-9-8-10-12-15/h8-12,16H,13-14H2,1-7H3/t16-/m0/s1. The van der Waals surface area contributed by atoms with E-state index in [1.165, 1.54) is 7.11 Å². The molecule has 162 valence electrons. The van der Waals surface area contributed by atoms with Gasteiger partial charge in [-0.3, -0.25) is 0 Å². The molecule has 0 radical (unpaired) electrons. The molecule has 8 nitrogen and oxygen atoms in total. The summed E-state index contributed by atoms with van der Waals surface area (Å²) in [5.41, 5.74) is -1.01. The van der Waals surface area contributed by atoms with E-state index >= 15 is 0 Å². The molecular weight excluding hydrogens is 378 g/mol. The molecular formula is C21H31NO7. The van der Waals surface area contributed by atoms with Gasteiger partial charge in [0.05, 0.1) is 6.61 Å². The summed E-state index contributed by atoms with van der Waals surface area (Å²) in [6.45, 7) is 9.61. The summed E-state index contributed by atoms with van der Waals surface area (Å²) < 4.78 is 21.0. The van der Waals surface area contributed by atoms with Crippen LogP contribution in [0.25, 0.3) is 0 Å². The summed E-state index contributed by atoms with van der Waals surface area (Å²) in [6, 6.07) is 7.67. The normalized spacial score (nSPS) is 12.7. The van der Waals surface area contributed by atoms with Gasteiger partial charge in [-0.05, 0) is 47.1 Å². The summed E-state index contributed by atoms with van der Waals surface area (Å²) in [6.07, 6.45) is -2.05. The Hall–Kier alpha value is -2.61. The third-order valence-corrected chi connectivity index (χ3v) is 3.31. The lowest BCUT2D eigenvalue weighted by Crippen LogP contribution is -2.54. The van der Waals surface area contributed by atoms with Gasteiger partial charge in [0, 0.05) is 7.11 Å². The summed E-state index contributed by atoms with van der Waals surface area (Å²) >= 11 is 0. The Balaban J connectivity index is 3.10. The first-order chi connectivity index (χ1) is 13.3. The molecule has 0 fully saturated rings. The molecule has 1 rings (SSSR count). The van der Waals surface area contributed by atoms with Gasteiger partial charge in [-0.15, -0.1) is 0 Å². The summed E-state index contributed by atoms with van der Waals surface area (Å²) in [7, 11) is 1.35. The minimum atomic E-state index is -1.37. The predicted molar refractivity (Wildman–Crippen MR) is 106 cm³/mol. The van der Waals surface area contributed by atoms with E-state index in [4.69, 9.17) is 18.9 Å². The van der Waals surface area contributed by atoms with Crippen LogP contribution in [0.15, 0.2) is 30.3 Å². The molecule has 0 saturated carbocycles. The highest BCUT2D eigenvalue weighted by atomic mass is 16.6. The Kier molecular flexibility index (Phi) is 8.63. The van der Waals surface area contributed by atoms with Gasteiger partial charge >= 0.3 is 18.2 Å². The third-order valence-electron chi connectivity index (χ3n) is 3.31. The Bertz CT molecular complexity index is 661. The van der Waals surface area contributed by atoms with Crippen molar-refractivity contribution in [1.29, 1.82) is 0 Å². The maximum Gasteiger partial charge on any atom is 0.420 e. The maximum atomic E-state index is 12.7. The van der Waals surface area contributed by atoms with Crippen molar-refractivity contribution in [3.63, 3.8) is 0 Å². The van der Waals surface area contributed by atoms with E-state index in [9.17, 15) is 14.4 Å². The molecule has 2 amide bonds. The third kappa shape index (κ3) is 8.95. The average molecular weight is 409 g/mol. The molecule has 0 heterocycles. The molecule has 0 aliphatic carbocycles. The molecule has 0 unspecified atom stereocenters. The smallest absolute Gasteiger partial charge is 0.420 e. The quantitative estimate of drug-likeness (QED) is 0.519. The van der Waals surface area contributed by atoms with E-state index in [2.05, 4.69) is 0 Å². The lowest BCUT2D eigenvalue weighted by Gasteiger charge is -2.32. The van der Waals surface area contributed by atoms with Crippen molar-refractivity contribution in [1.82, 2.24) is 4.90 Å². The van der Waals surface area contributed by atoms with E-state index in [0.717, 1.165) is 5.56 Å². The molecule has 0 spiro atoms. The van der Waals surface area contributed by atoms with Gasteiger partial charge in [0.25, 0.3) is 0 Å². The number of benzene rings is 1. The molecule has 0 saturated heterocycles. The lowest BCUT2D eigenvalue weighted by molar-refractivity contribution is -0.153. The van der Waals surface area contributed by atoms with E-state index < -0.39 is 35.4 Å². The van der Waals surface area contributed by atoms with Gasteiger partial charge in [0.1, 0.15) is 17.8 Å². The van der Waals surface area contributed by atoms with E-state index in [-0.39, 0.29) is 13.2 Å². The van der Waals surface area contributed by atoms with Gasteiger partial charge in [0.2, 0.25) is 0 Å². The van der Waals surface area contributed by atoms with E-state index in [1.807, 2.05) is 18.2 Å². The van der Waals surface area contributed by atoms with Gasteiger partial charge in [0.15, 0.2) is 6.04 Å². The molecule has 0 N–H and O–H groups in total. The van der Waals surface area contributed by atoms with Crippen LogP contribution in [-0.4, -0.2) is 54.0 Å². The number of carbonyl (C=O) groups excluding carboxylic acids is 3. The number of hydrogen-bond acceptors (Lipinski definition) is 7. The lowest BCUT2D eigenvalue weighted by atomic mass is 10.2. The minimum Gasteiger partial charge on any atom is -0.459 e. The molecule has 0 aliphatic heterocycles. The number of imide groups is 1. The zero-order valence-corrected chi connectivity index (χ0v) is 18.2. The SMILES string of the molecule is COC[C@@H](C(=O)OCc1ccccc1)N(C(=O)OC(C)(C)C)C(=O)OC(C)(C)C. The molecule has 0 aliphatic rings. The van der Waals surface area contributed by atoms with Gasteiger partial charge in [-0.2, -0.15) is 4.90 Å². The number of methoxy groups -OCH3 is 1. The highest BCUT2D eigenvalue weighted by molar-refractivity contribution is 5.94. The van der Waals surface area contributed by atoms with Crippen molar-refractivity contribution in [2.24, 2.45) is 0 Å². The Morgan fingerprint density at radius 2 is 1.38 bits per heavy atom. The molecule has 1 atom stereocenters. The Labute approximate surface area is 172 Å². The predicted octanol–water partition coefficient (Wildman–Crippen LogP) is 3.92. The van der Waals surface area contributed by atoms with Crippen LogP contribution in [0.4, 0.5) is 9.59 Å². The molecule has 0 aromatic heterocycles. The second-order valence-corrected chi connectivity index (χ2v) is 8.40. The number of carbonyl (C=O) groups is 3. The monoisotopic (exact) mass is 409 g/mol. The van der Waals surface area contributed by atoms with Crippen LogP contribution in [-0.2, 0) is 30.3 Å². The first-order valence-corrected chi connectivity index (χ1v) is 9.29. The van der Waals surface area contributed by atoms with Crippen molar-refractivity contribution >= 4 is 18.2 Å². The highest BCUT2D eigenvalue weighted by Gasteiger charge is 2.41. The second-order valence-electron chi connectivity index (χ2n) is 8.40. The number of nitrogens with zero attached hydrogens (tertiary/aromatic N) is 1. The summed E-state index contributed by atoms with van der Waals surface area (Å²) in [5, 5.41) is 0. The van der Waals surface area contributed by atoms with Gasteiger partial charge < -0.3 is 18.9 Å². The fraction of sp³-hybridized carbons (Fsp3) is 0.571. The largest absolute Gasteiger partial charge is 0.459 e. The highest BCUT2D eigenvalue weighted by Crippen LogP contribution is 2.18. The molecule has 1 aromatic rings. The zero-order chi connectivity index (χ0) is 22.2. The van der Waals surface area contributed by atoms with E-state index in [0.29, 0.717) is 4.90 Å². The second kappa shape index (κ2) is 10.2. The van der Waals surface area contributed by atoms with Crippen LogP contribution in [0, 0.1) is 0 Å². The fourth-order valence-corrected chi connectivity index (χ4v) is 2.18.